The number of aromatic nitrogens is 2. The van der Waals surface area contributed by atoms with Crippen LogP contribution in [0.15, 0.2) is 30.5 Å². The third-order valence-corrected chi connectivity index (χ3v) is 3.93. The third-order valence-electron chi connectivity index (χ3n) is 3.93. The van der Waals surface area contributed by atoms with E-state index in [1.54, 1.807) is 7.11 Å². The SMILES string of the molecule is COC(=O)CCn1c2cc(OC)ccc2c2ccnc(C)c21. The number of fused-ring (bicyclic) bond motifs is 3. The molecule has 22 heavy (non-hydrogen) atoms. The molecule has 0 spiro atoms. The van der Waals surface area contributed by atoms with Crippen molar-refractivity contribution < 1.29 is 14.3 Å². The van der Waals surface area contributed by atoms with Crippen LogP contribution in [-0.2, 0) is 16.1 Å². The summed E-state index contributed by atoms with van der Waals surface area (Å²) in [6, 6.07) is 7.99. The van der Waals surface area contributed by atoms with E-state index >= 15 is 0 Å². The van der Waals surface area contributed by atoms with Crippen molar-refractivity contribution in [1.82, 2.24) is 9.55 Å². The quantitative estimate of drug-likeness (QED) is 0.695. The molecule has 5 heteroatoms. The fourth-order valence-electron chi connectivity index (χ4n) is 2.86. The van der Waals surface area contributed by atoms with Gasteiger partial charge in [0.25, 0.3) is 0 Å². The van der Waals surface area contributed by atoms with Gasteiger partial charge < -0.3 is 14.0 Å². The van der Waals surface area contributed by atoms with E-state index in [0.717, 1.165) is 33.2 Å². The van der Waals surface area contributed by atoms with E-state index in [-0.39, 0.29) is 5.97 Å². The number of benzene rings is 1. The molecule has 1 aromatic carbocycles. The summed E-state index contributed by atoms with van der Waals surface area (Å²) in [5.41, 5.74) is 3.03. The van der Waals surface area contributed by atoms with Crippen LogP contribution in [0.3, 0.4) is 0 Å². The van der Waals surface area contributed by atoms with E-state index in [0.29, 0.717) is 13.0 Å². The highest BCUT2D eigenvalue weighted by Crippen LogP contribution is 2.32. The van der Waals surface area contributed by atoms with Crippen LogP contribution in [0.2, 0.25) is 0 Å². The van der Waals surface area contributed by atoms with E-state index < -0.39 is 0 Å². The number of hydrogen-bond acceptors (Lipinski definition) is 4. The van der Waals surface area contributed by atoms with Crippen LogP contribution in [0.1, 0.15) is 12.1 Å². The lowest BCUT2D eigenvalue weighted by atomic mass is 10.1. The van der Waals surface area contributed by atoms with Crippen LogP contribution >= 0.6 is 0 Å². The minimum atomic E-state index is -0.223. The summed E-state index contributed by atoms with van der Waals surface area (Å²) in [5, 5.41) is 2.26. The van der Waals surface area contributed by atoms with Gasteiger partial charge in [0.05, 0.1) is 37.4 Å². The van der Waals surface area contributed by atoms with Gasteiger partial charge in [-0.25, -0.2) is 0 Å². The molecule has 0 amide bonds. The summed E-state index contributed by atoms with van der Waals surface area (Å²) in [6.45, 7) is 2.53. The molecule has 3 aromatic rings. The summed E-state index contributed by atoms with van der Waals surface area (Å²) >= 11 is 0. The van der Waals surface area contributed by atoms with Gasteiger partial charge in [0, 0.05) is 29.6 Å². The normalized spacial score (nSPS) is 11.0. The summed E-state index contributed by atoms with van der Waals surface area (Å²) in [6.07, 6.45) is 2.13. The van der Waals surface area contributed by atoms with Crippen molar-refractivity contribution in [2.45, 2.75) is 19.9 Å². The molecule has 0 N–H and O–H groups in total. The lowest BCUT2D eigenvalue weighted by molar-refractivity contribution is -0.140. The molecule has 2 heterocycles. The molecule has 114 valence electrons. The molecule has 0 atom stereocenters. The molecule has 0 aliphatic rings. The molecule has 0 bridgehead atoms. The lowest BCUT2D eigenvalue weighted by Gasteiger charge is -2.08. The zero-order valence-corrected chi connectivity index (χ0v) is 12.9. The maximum absolute atomic E-state index is 11.5. The summed E-state index contributed by atoms with van der Waals surface area (Å²) < 4.78 is 12.2. The topological polar surface area (TPSA) is 53.4 Å². The fourth-order valence-corrected chi connectivity index (χ4v) is 2.86. The van der Waals surface area contributed by atoms with Gasteiger partial charge in [0.15, 0.2) is 0 Å². The van der Waals surface area contributed by atoms with E-state index in [1.807, 2.05) is 37.4 Å². The van der Waals surface area contributed by atoms with Crippen LogP contribution in [0.5, 0.6) is 5.75 Å². The molecule has 3 rings (SSSR count). The molecule has 2 aromatic heterocycles. The molecule has 0 aliphatic carbocycles. The number of rotatable bonds is 4. The van der Waals surface area contributed by atoms with Gasteiger partial charge in [0.2, 0.25) is 0 Å². The van der Waals surface area contributed by atoms with Gasteiger partial charge >= 0.3 is 5.97 Å². The first-order valence-electron chi connectivity index (χ1n) is 7.14. The molecule has 0 radical (unpaired) electrons. The van der Waals surface area contributed by atoms with Crippen molar-refractivity contribution in [3.63, 3.8) is 0 Å². The van der Waals surface area contributed by atoms with Crippen LogP contribution in [0, 0.1) is 6.92 Å². The van der Waals surface area contributed by atoms with Crippen molar-refractivity contribution in [2.24, 2.45) is 0 Å². The zero-order valence-electron chi connectivity index (χ0n) is 12.9. The molecule has 0 fully saturated rings. The largest absolute Gasteiger partial charge is 0.497 e. The van der Waals surface area contributed by atoms with Crippen molar-refractivity contribution in [3.8, 4) is 5.75 Å². The lowest BCUT2D eigenvalue weighted by Crippen LogP contribution is -2.07. The average Bonchev–Trinajstić information content (AvgIpc) is 2.87. The predicted molar refractivity (Wildman–Crippen MR) is 85.2 cm³/mol. The van der Waals surface area contributed by atoms with Crippen LogP contribution in [-0.4, -0.2) is 29.7 Å². The molecule has 0 aliphatic heterocycles. The second-order valence-electron chi connectivity index (χ2n) is 5.15. The maximum atomic E-state index is 11.5. The average molecular weight is 298 g/mol. The highest BCUT2D eigenvalue weighted by atomic mass is 16.5. The summed E-state index contributed by atoms with van der Waals surface area (Å²) in [4.78, 5) is 15.9. The second kappa shape index (κ2) is 5.67. The molecule has 0 saturated heterocycles. The number of nitrogens with zero attached hydrogens (tertiary/aromatic N) is 2. The van der Waals surface area contributed by atoms with Crippen molar-refractivity contribution >= 4 is 27.8 Å². The number of hydrogen-bond donors (Lipinski definition) is 0. The Labute approximate surface area is 128 Å². The standard InChI is InChI=1S/C17H18N2O3/c1-11-17-14(6-8-18-11)13-5-4-12(21-2)10-15(13)19(17)9-7-16(20)22-3/h4-6,8,10H,7,9H2,1-3H3. The number of methoxy groups -OCH3 is 2. The highest BCUT2D eigenvalue weighted by Gasteiger charge is 2.14. The first-order chi connectivity index (χ1) is 10.7. The van der Waals surface area contributed by atoms with Crippen molar-refractivity contribution in [3.05, 3.63) is 36.2 Å². The monoisotopic (exact) mass is 298 g/mol. The van der Waals surface area contributed by atoms with E-state index in [9.17, 15) is 4.79 Å². The molecule has 5 nitrogen and oxygen atoms in total. The minimum Gasteiger partial charge on any atom is -0.497 e. The van der Waals surface area contributed by atoms with Crippen LogP contribution < -0.4 is 4.74 Å². The van der Waals surface area contributed by atoms with Gasteiger partial charge in [-0.1, -0.05) is 0 Å². The Morgan fingerprint density at radius 1 is 1.23 bits per heavy atom. The number of esters is 1. The van der Waals surface area contributed by atoms with Gasteiger partial charge in [-0.3, -0.25) is 9.78 Å². The van der Waals surface area contributed by atoms with E-state index in [1.165, 1.54) is 7.11 Å². The Morgan fingerprint density at radius 2 is 2.05 bits per heavy atom. The number of pyridine rings is 1. The first-order valence-corrected chi connectivity index (χ1v) is 7.14. The number of carbonyl (C=O) groups excluding carboxylic acids is 1. The smallest absolute Gasteiger partial charge is 0.307 e. The van der Waals surface area contributed by atoms with E-state index in [2.05, 4.69) is 9.55 Å². The number of ether oxygens (including phenoxy) is 2. The summed E-state index contributed by atoms with van der Waals surface area (Å²) in [5.74, 6) is 0.569. The third kappa shape index (κ3) is 2.28. The predicted octanol–water partition coefficient (Wildman–Crippen LogP) is 3.07. The van der Waals surface area contributed by atoms with Crippen molar-refractivity contribution in [2.75, 3.05) is 14.2 Å². The highest BCUT2D eigenvalue weighted by molar-refractivity contribution is 6.09. The Morgan fingerprint density at radius 3 is 2.77 bits per heavy atom. The molecular weight excluding hydrogens is 280 g/mol. The van der Waals surface area contributed by atoms with E-state index in [4.69, 9.17) is 9.47 Å². The number of carbonyl (C=O) groups is 1. The summed E-state index contributed by atoms with van der Waals surface area (Å²) in [7, 11) is 3.06. The van der Waals surface area contributed by atoms with Crippen LogP contribution in [0.25, 0.3) is 21.8 Å². The Bertz CT molecular complexity index is 852. The molecule has 0 unspecified atom stereocenters. The van der Waals surface area contributed by atoms with Crippen molar-refractivity contribution in [1.29, 1.82) is 0 Å². The maximum Gasteiger partial charge on any atom is 0.307 e. The molecular formula is C17H18N2O3. The fraction of sp³-hybridized carbons (Fsp3) is 0.294. The van der Waals surface area contributed by atoms with Gasteiger partial charge in [-0.2, -0.15) is 0 Å². The van der Waals surface area contributed by atoms with Crippen LogP contribution in [0.4, 0.5) is 0 Å². The van der Waals surface area contributed by atoms with Gasteiger partial charge in [-0.05, 0) is 25.1 Å². The minimum absolute atomic E-state index is 0.223. The number of aryl methyl sites for hydroxylation is 2. The molecule has 0 saturated carbocycles. The van der Waals surface area contributed by atoms with Gasteiger partial charge in [0.1, 0.15) is 5.75 Å². The second-order valence-corrected chi connectivity index (χ2v) is 5.15. The Balaban J connectivity index is 2.25. The Kier molecular flexibility index (Phi) is 3.71. The Hall–Kier alpha value is -2.56. The zero-order chi connectivity index (χ0) is 15.7. The first kappa shape index (κ1) is 14.4. The van der Waals surface area contributed by atoms with Gasteiger partial charge in [-0.15, -0.1) is 0 Å².